The zero-order chi connectivity index (χ0) is 15.1. The highest BCUT2D eigenvalue weighted by molar-refractivity contribution is 5.74. The molecule has 20 heavy (non-hydrogen) atoms. The number of nitrogens with zero attached hydrogens (tertiary/aromatic N) is 4. The van der Waals surface area contributed by atoms with Crippen molar-refractivity contribution in [2.45, 2.75) is 20.4 Å². The molecule has 0 atom stereocenters. The first-order valence-corrected chi connectivity index (χ1v) is 6.24. The number of hydrogen-bond donors (Lipinski definition) is 1. The second-order valence-corrected chi connectivity index (χ2v) is 3.99. The number of diazo groups is 1. The van der Waals surface area contributed by atoms with Crippen molar-refractivity contribution in [1.29, 1.82) is 5.39 Å². The number of carbonyl (C=O) groups excluding carboxylic acids is 1. The summed E-state index contributed by atoms with van der Waals surface area (Å²) >= 11 is 0. The molecule has 0 saturated carbocycles. The third-order valence-corrected chi connectivity index (χ3v) is 2.84. The van der Waals surface area contributed by atoms with Crippen LogP contribution in [0.15, 0.2) is 17.1 Å². The summed E-state index contributed by atoms with van der Waals surface area (Å²) in [5.41, 5.74) is 0.128. The lowest BCUT2D eigenvalue weighted by atomic mass is 10.3. The van der Waals surface area contributed by atoms with Crippen LogP contribution >= 0.6 is 0 Å². The van der Waals surface area contributed by atoms with Gasteiger partial charge in [0.2, 0.25) is 5.43 Å². The van der Waals surface area contributed by atoms with Gasteiger partial charge < -0.3 is 14.6 Å². The number of methoxy groups -OCH3 is 1. The highest BCUT2D eigenvalue weighted by Gasteiger charge is 2.29. The fourth-order valence-corrected chi connectivity index (χ4v) is 1.71. The molecule has 2 amide bonds. The van der Waals surface area contributed by atoms with E-state index in [0.717, 1.165) is 5.01 Å². The lowest BCUT2D eigenvalue weighted by Gasteiger charge is -2.17. The number of urea groups is 1. The molecule has 108 valence electrons. The normalized spacial score (nSPS) is 9.70. The van der Waals surface area contributed by atoms with Crippen LogP contribution in [0, 0.1) is 5.39 Å². The molecule has 8 heteroatoms. The van der Waals surface area contributed by atoms with Gasteiger partial charge in [-0.1, -0.05) is 0 Å². The second-order valence-electron chi connectivity index (χ2n) is 3.99. The van der Waals surface area contributed by atoms with Gasteiger partial charge in [0.25, 0.3) is 5.39 Å². The smallest absolute Gasteiger partial charge is 0.393 e. The van der Waals surface area contributed by atoms with E-state index in [0.29, 0.717) is 18.8 Å². The van der Waals surface area contributed by atoms with Gasteiger partial charge >= 0.3 is 11.1 Å². The molecule has 0 unspecified atom stereocenters. The van der Waals surface area contributed by atoms with E-state index < -0.39 is 6.03 Å². The van der Waals surface area contributed by atoms with Gasteiger partial charge in [0.15, 0.2) is 5.75 Å². The van der Waals surface area contributed by atoms with Gasteiger partial charge in [-0.15, -0.1) is 0 Å². The number of pyridine rings is 1. The summed E-state index contributed by atoms with van der Waals surface area (Å²) < 4.78 is 4.85. The molecule has 0 spiro atoms. The van der Waals surface area contributed by atoms with E-state index in [2.05, 4.69) is 10.1 Å². The van der Waals surface area contributed by atoms with Crippen LogP contribution in [-0.4, -0.2) is 41.1 Å². The number of amides is 2. The van der Waals surface area contributed by atoms with Gasteiger partial charge in [0.05, 0.1) is 12.1 Å². The Labute approximate surface area is 116 Å². The molecule has 0 saturated heterocycles. The lowest BCUT2D eigenvalue weighted by molar-refractivity contribution is 0.170. The van der Waals surface area contributed by atoms with Crippen molar-refractivity contribution in [3.63, 3.8) is 0 Å². The van der Waals surface area contributed by atoms with Crippen molar-refractivity contribution in [2.75, 3.05) is 20.2 Å². The lowest BCUT2D eigenvalue weighted by Crippen LogP contribution is -2.39. The molecule has 1 heterocycles. The molecule has 1 aromatic rings. The van der Waals surface area contributed by atoms with E-state index in [1.165, 1.54) is 24.3 Å². The quantitative estimate of drug-likeness (QED) is 0.652. The van der Waals surface area contributed by atoms with E-state index in [-0.39, 0.29) is 17.7 Å². The first-order chi connectivity index (χ1) is 9.57. The van der Waals surface area contributed by atoms with Crippen LogP contribution in [0.3, 0.4) is 0 Å². The number of aromatic amines is 1. The molecule has 1 rings (SSSR count). The summed E-state index contributed by atoms with van der Waals surface area (Å²) in [6, 6.07) is 0.862. The summed E-state index contributed by atoms with van der Waals surface area (Å²) in [6.07, 6.45) is 1.40. The van der Waals surface area contributed by atoms with E-state index in [4.69, 9.17) is 10.1 Å². The number of carbonyl (C=O) groups is 1. The molecule has 0 radical (unpaired) electrons. The standard InChI is InChI=1S/C12H17N5O3/c1-4-16(5-2)12(19)17(15-13)8-9-6-10(18)11(20-3)7-14-9/h6-7H,4-5,8H2,1-3H3/p+1. The highest BCUT2D eigenvalue weighted by Crippen LogP contribution is 2.07. The maximum absolute atomic E-state index is 12.0. The van der Waals surface area contributed by atoms with Crippen LogP contribution in [0.4, 0.5) is 4.79 Å². The Morgan fingerprint density at radius 1 is 1.45 bits per heavy atom. The molecule has 0 fully saturated rings. The van der Waals surface area contributed by atoms with E-state index in [1.54, 1.807) is 0 Å². The first kappa shape index (κ1) is 15.5. The average Bonchev–Trinajstić information content (AvgIpc) is 2.46. The van der Waals surface area contributed by atoms with Gasteiger partial charge in [-0.25, -0.2) is 4.79 Å². The van der Waals surface area contributed by atoms with Crippen LogP contribution in [0.5, 0.6) is 5.75 Å². The minimum absolute atomic E-state index is 0.0366. The van der Waals surface area contributed by atoms with Gasteiger partial charge in [-0.05, 0) is 13.8 Å². The summed E-state index contributed by atoms with van der Waals surface area (Å²) in [7, 11) is 1.39. The van der Waals surface area contributed by atoms with Crippen LogP contribution in [-0.2, 0) is 6.54 Å². The number of rotatable bonds is 5. The molecule has 0 aromatic carbocycles. The molecular weight excluding hydrogens is 262 g/mol. The molecule has 0 aliphatic rings. The van der Waals surface area contributed by atoms with Gasteiger partial charge in [0, 0.05) is 31.0 Å². The molecule has 0 bridgehead atoms. The Balaban J connectivity index is 2.89. The maximum Gasteiger partial charge on any atom is 0.393 e. The summed E-state index contributed by atoms with van der Waals surface area (Å²) in [5, 5.41) is 12.8. The van der Waals surface area contributed by atoms with Crippen molar-refractivity contribution < 1.29 is 9.53 Å². The predicted molar refractivity (Wildman–Crippen MR) is 72.6 cm³/mol. The number of H-pyrrole nitrogens is 1. The van der Waals surface area contributed by atoms with Crippen molar-refractivity contribution in [3.05, 3.63) is 33.3 Å². The Bertz CT molecular complexity index is 559. The van der Waals surface area contributed by atoms with Crippen molar-refractivity contribution in [2.24, 2.45) is 0 Å². The van der Waals surface area contributed by atoms with Gasteiger partial charge in [-0.2, -0.15) is 0 Å². The fraction of sp³-hybridized carbons (Fsp3) is 0.500. The van der Waals surface area contributed by atoms with Crippen molar-refractivity contribution >= 4 is 6.03 Å². The van der Waals surface area contributed by atoms with Gasteiger partial charge in [0.1, 0.15) is 6.54 Å². The summed E-state index contributed by atoms with van der Waals surface area (Å²) in [6.45, 7) is 4.62. The number of ether oxygens (including phenoxy) is 1. The zero-order valence-corrected chi connectivity index (χ0v) is 11.8. The number of aromatic nitrogens is 1. The Morgan fingerprint density at radius 2 is 2.10 bits per heavy atom. The van der Waals surface area contributed by atoms with E-state index in [9.17, 15) is 9.59 Å². The number of hydrogen-bond acceptors (Lipinski definition) is 4. The molecule has 1 N–H and O–H groups in total. The summed E-state index contributed by atoms with van der Waals surface area (Å²) in [4.78, 5) is 28.0. The van der Waals surface area contributed by atoms with Gasteiger partial charge in [-0.3, -0.25) is 4.79 Å². The Morgan fingerprint density at radius 3 is 2.55 bits per heavy atom. The van der Waals surface area contributed by atoms with E-state index >= 15 is 0 Å². The number of nitrogens with one attached hydrogen (secondary N) is 1. The SMILES string of the molecule is CCN(CC)C(=O)N(Cc1cc(=O)c(OC)c[nH]1)[N+]#N. The second kappa shape index (κ2) is 7.13. The Hall–Kier alpha value is -2.56. The average molecular weight is 280 g/mol. The third kappa shape index (κ3) is 3.47. The highest BCUT2D eigenvalue weighted by atomic mass is 16.5. The van der Waals surface area contributed by atoms with E-state index in [1.807, 2.05) is 13.8 Å². The predicted octanol–water partition coefficient (Wildman–Crippen LogP) is 1.42. The molecule has 8 nitrogen and oxygen atoms in total. The molecular formula is C12H18N5O3+. The maximum atomic E-state index is 12.0. The molecule has 0 aliphatic carbocycles. The van der Waals surface area contributed by atoms with Crippen LogP contribution in [0.2, 0.25) is 0 Å². The fourth-order valence-electron chi connectivity index (χ4n) is 1.71. The van der Waals surface area contributed by atoms with Crippen LogP contribution in [0.1, 0.15) is 19.5 Å². The summed E-state index contributed by atoms with van der Waals surface area (Å²) in [5.74, 6) is 0.177. The molecule has 1 aromatic heterocycles. The minimum Gasteiger partial charge on any atom is -0.491 e. The minimum atomic E-state index is -0.436. The topological polar surface area (TPSA) is 93.8 Å². The molecule has 0 aliphatic heterocycles. The van der Waals surface area contributed by atoms with Crippen molar-refractivity contribution in [1.82, 2.24) is 14.9 Å². The Kier molecular flexibility index (Phi) is 5.53. The third-order valence-electron chi connectivity index (χ3n) is 2.84. The largest absolute Gasteiger partial charge is 0.491 e. The zero-order valence-electron chi connectivity index (χ0n) is 11.8. The van der Waals surface area contributed by atoms with Crippen LogP contribution < -0.4 is 10.2 Å². The van der Waals surface area contributed by atoms with Crippen molar-refractivity contribution in [3.8, 4) is 5.75 Å². The van der Waals surface area contributed by atoms with Crippen LogP contribution in [0.25, 0.3) is 5.08 Å². The first-order valence-electron chi connectivity index (χ1n) is 6.24. The monoisotopic (exact) mass is 280 g/mol.